The summed E-state index contributed by atoms with van der Waals surface area (Å²) < 4.78 is 10.2. The molecular formula is C11H13N3O3. The van der Waals surface area contributed by atoms with Gasteiger partial charge in [0.15, 0.2) is 11.5 Å². The van der Waals surface area contributed by atoms with Crippen LogP contribution in [0.1, 0.15) is 0 Å². The Morgan fingerprint density at radius 1 is 1.18 bits per heavy atom. The number of anilines is 1. The normalized spacial score (nSPS) is 10.2. The number of nitrogens with zero attached hydrogens (tertiary/aromatic N) is 1. The lowest BCUT2D eigenvalue weighted by Crippen LogP contribution is -1.93. The van der Waals surface area contributed by atoms with E-state index in [1.807, 2.05) is 0 Å². The molecule has 1 heterocycles. The van der Waals surface area contributed by atoms with Gasteiger partial charge in [0, 0.05) is 17.2 Å². The van der Waals surface area contributed by atoms with Crippen LogP contribution in [-0.2, 0) is 0 Å². The molecule has 4 N–H and O–H groups in total. The fraction of sp³-hybridized carbons (Fsp3) is 0.182. The van der Waals surface area contributed by atoms with E-state index in [1.165, 1.54) is 20.3 Å². The van der Waals surface area contributed by atoms with E-state index in [2.05, 4.69) is 10.2 Å². The summed E-state index contributed by atoms with van der Waals surface area (Å²) >= 11 is 0. The predicted octanol–water partition coefficient (Wildman–Crippen LogP) is 1.38. The molecule has 90 valence electrons. The maximum Gasteiger partial charge on any atom is 0.161 e. The summed E-state index contributed by atoms with van der Waals surface area (Å²) in [4.78, 5) is 0. The molecule has 0 saturated heterocycles. The van der Waals surface area contributed by atoms with Gasteiger partial charge >= 0.3 is 0 Å². The van der Waals surface area contributed by atoms with Gasteiger partial charge in [0.2, 0.25) is 0 Å². The second-order valence-electron chi connectivity index (χ2n) is 3.42. The van der Waals surface area contributed by atoms with Crippen LogP contribution in [0.25, 0.3) is 11.1 Å². The number of H-pyrrole nitrogens is 1. The number of nitrogens with two attached hydrogens (primary N) is 1. The van der Waals surface area contributed by atoms with Gasteiger partial charge in [0.25, 0.3) is 0 Å². The number of nitrogens with one attached hydrogen (secondary N) is 1. The second-order valence-corrected chi connectivity index (χ2v) is 3.42. The summed E-state index contributed by atoms with van der Waals surface area (Å²) in [7, 11) is 2.99. The van der Waals surface area contributed by atoms with Crippen LogP contribution in [-0.4, -0.2) is 29.5 Å². The van der Waals surface area contributed by atoms with Crippen molar-refractivity contribution in [1.29, 1.82) is 0 Å². The number of phenolic OH excluding ortho intramolecular Hbond substituents is 1. The average molecular weight is 235 g/mol. The van der Waals surface area contributed by atoms with E-state index in [0.29, 0.717) is 28.4 Å². The number of hydrogen-bond acceptors (Lipinski definition) is 5. The van der Waals surface area contributed by atoms with E-state index >= 15 is 0 Å². The van der Waals surface area contributed by atoms with Crippen molar-refractivity contribution >= 4 is 5.82 Å². The Labute approximate surface area is 98.0 Å². The van der Waals surface area contributed by atoms with Gasteiger partial charge in [0.1, 0.15) is 11.6 Å². The molecule has 2 aromatic rings. The number of ether oxygens (including phenoxy) is 2. The quantitative estimate of drug-likeness (QED) is 0.747. The number of benzene rings is 1. The molecule has 0 aliphatic rings. The van der Waals surface area contributed by atoms with Crippen molar-refractivity contribution in [3.05, 3.63) is 18.3 Å². The highest BCUT2D eigenvalue weighted by Crippen LogP contribution is 2.40. The number of aromatic hydroxyl groups is 1. The molecular weight excluding hydrogens is 222 g/mol. The molecule has 0 bridgehead atoms. The third kappa shape index (κ3) is 1.84. The molecule has 0 spiro atoms. The largest absolute Gasteiger partial charge is 0.504 e. The first-order chi connectivity index (χ1) is 8.17. The van der Waals surface area contributed by atoms with Crippen LogP contribution in [0, 0.1) is 0 Å². The van der Waals surface area contributed by atoms with E-state index in [4.69, 9.17) is 15.2 Å². The number of rotatable bonds is 3. The Morgan fingerprint density at radius 3 is 2.41 bits per heavy atom. The molecule has 2 rings (SSSR count). The van der Waals surface area contributed by atoms with Crippen LogP contribution in [0.5, 0.6) is 17.2 Å². The monoisotopic (exact) mass is 235 g/mol. The lowest BCUT2D eigenvalue weighted by molar-refractivity contribution is 0.366. The van der Waals surface area contributed by atoms with Crippen molar-refractivity contribution in [2.45, 2.75) is 0 Å². The molecule has 0 unspecified atom stereocenters. The maximum atomic E-state index is 9.65. The maximum absolute atomic E-state index is 9.65. The molecule has 0 atom stereocenters. The smallest absolute Gasteiger partial charge is 0.161 e. The Bertz CT molecular complexity index is 537. The molecule has 0 aliphatic carbocycles. The molecule has 17 heavy (non-hydrogen) atoms. The van der Waals surface area contributed by atoms with Crippen molar-refractivity contribution in [1.82, 2.24) is 10.2 Å². The van der Waals surface area contributed by atoms with E-state index in [-0.39, 0.29) is 5.75 Å². The minimum atomic E-state index is 0.00941. The fourth-order valence-corrected chi connectivity index (χ4v) is 1.60. The van der Waals surface area contributed by atoms with Crippen LogP contribution < -0.4 is 15.2 Å². The van der Waals surface area contributed by atoms with E-state index < -0.39 is 0 Å². The Hall–Kier alpha value is -2.37. The minimum absolute atomic E-state index is 0.00941. The van der Waals surface area contributed by atoms with Gasteiger partial charge in [-0.3, -0.25) is 5.10 Å². The van der Waals surface area contributed by atoms with Gasteiger partial charge in [-0.05, 0) is 6.07 Å². The number of phenols is 1. The zero-order valence-corrected chi connectivity index (χ0v) is 9.52. The highest BCUT2D eigenvalue weighted by molar-refractivity contribution is 5.80. The van der Waals surface area contributed by atoms with Crippen molar-refractivity contribution < 1.29 is 14.6 Å². The highest BCUT2D eigenvalue weighted by atomic mass is 16.5. The van der Waals surface area contributed by atoms with Crippen molar-refractivity contribution in [2.24, 2.45) is 0 Å². The summed E-state index contributed by atoms with van der Waals surface area (Å²) in [5.74, 6) is 1.28. The number of nitrogen functional groups attached to an aromatic ring is 1. The number of hydrogen-bond donors (Lipinski definition) is 3. The van der Waals surface area contributed by atoms with Crippen molar-refractivity contribution in [2.75, 3.05) is 20.0 Å². The second kappa shape index (κ2) is 4.25. The van der Waals surface area contributed by atoms with Crippen LogP contribution in [0.2, 0.25) is 0 Å². The van der Waals surface area contributed by atoms with Crippen LogP contribution in [0.4, 0.5) is 5.82 Å². The van der Waals surface area contributed by atoms with Crippen LogP contribution in [0.3, 0.4) is 0 Å². The molecule has 0 saturated carbocycles. The molecule has 0 amide bonds. The van der Waals surface area contributed by atoms with E-state index in [0.717, 1.165) is 0 Å². The highest BCUT2D eigenvalue weighted by Gasteiger charge is 2.15. The van der Waals surface area contributed by atoms with Crippen molar-refractivity contribution in [3.8, 4) is 28.4 Å². The van der Waals surface area contributed by atoms with E-state index in [9.17, 15) is 5.11 Å². The fourth-order valence-electron chi connectivity index (χ4n) is 1.60. The molecule has 1 aromatic heterocycles. The zero-order valence-electron chi connectivity index (χ0n) is 9.52. The van der Waals surface area contributed by atoms with Gasteiger partial charge < -0.3 is 20.3 Å². The Morgan fingerprint density at radius 2 is 1.88 bits per heavy atom. The van der Waals surface area contributed by atoms with Crippen LogP contribution in [0.15, 0.2) is 18.3 Å². The minimum Gasteiger partial charge on any atom is -0.504 e. The zero-order chi connectivity index (χ0) is 12.4. The van der Waals surface area contributed by atoms with Crippen LogP contribution >= 0.6 is 0 Å². The van der Waals surface area contributed by atoms with Gasteiger partial charge in [-0.25, -0.2) is 0 Å². The molecule has 6 heteroatoms. The SMILES string of the molecule is COc1cc(-c2cn[nH]c2N)c(OC)cc1O. The summed E-state index contributed by atoms with van der Waals surface area (Å²) in [5, 5.41) is 16.1. The molecule has 0 fully saturated rings. The molecule has 0 aliphatic heterocycles. The van der Waals surface area contributed by atoms with Gasteiger partial charge in [-0.2, -0.15) is 5.10 Å². The van der Waals surface area contributed by atoms with Gasteiger partial charge in [-0.15, -0.1) is 0 Å². The Kier molecular flexibility index (Phi) is 2.78. The predicted molar refractivity (Wildman–Crippen MR) is 63.2 cm³/mol. The summed E-state index contributed by atoms with van der Waals surface area (Å²) in [6.45, 7) is 0. The number of aromatic nitrogens is 2. The van der Waals surface area contributed by atoms with Crippen molar-refractivity contribution in [3.63, 3.8) is 0 Å². The van der Waals surface area contributed by atoms with Gasteiger partial charge in [0.05, 0.1) is 20.4 Å². The van der Waals surface area contributed by atoms with E-state index in [1.54, 1.807) is 12.3 Å². The first kappa shape index (κ1) is 11.1. The van der Waals surface area contributed by atoms with Gasteiger partial charge in [-0.1, -0.05) is 0 Å². The summed E-state index contributed by atoms with van der Waals surface area (Å²) in [6, 6.07) is 3.12. The molecule has 6 nitrogen and oxygen atoms in total. The molecule has 0 radical (unpaired) electrons. The topological polar surface area (TPSA) is 93.4 Å². The lowest BCUT2D eigenvalue weighted by atomic mass is 10.1. The third-order valence-electron chi connectivity index (χ3n) is 2.46. The first-order valence-electron chi connectivity index (χ1n) is 4.91. The summed E-state index contributed by atoms with van der Waals surface area (Å²) in [5.41, 5.74) is 7.15. The summed E-state index contributed by atoms with van der Waals surface area (Å²) in [6.07, 6.45) is 1.59. The molecule has 1 aromatic carbocycles. The third-order valence-corrected chi connectivity index (χ3v) is 2.46. The average Bonchev–Trinajstić information content (AvgIpc) is 2.75. The number of aromatic amines is 1. The first-order valence-corrected chi connectivity index (χ1v) is 4.91. The lowest BCUT2D eigenvalue weighted by Gasteiger charge is -2.11. The Balaban J connectivity index is 2.63. The number of methoxy groups -OCH3 is 2. The standard InChI is InChI=1S/C11H13N3O3/c1-16-9-4-8(15)10(17-2)3-6(9)7-5-13-14-11(7)12/h3-5,15H,1-2H3,(H3,12,13,14).